The summed E-state index contributed by atoms with van der Waals surface area (Å²) in [6, 6.07) is 7.62. The molecule has 0 bridgehead atoms. The number of hydrogen-bond donors (Lipinski definition) is 2. The summed E-state index contributed by atoms with van der Waals surface area (Å²) in [5.41, 5.74) is 6.16. The molecule has 1 fully saturated rings. The third-order valence-corrected chi connectivity index (χ3v) is 4.96. The van der Waals surface area contributed by atoms with Crippen LogP contribution in [0.5, 0.6) is 5.75 Å². The summed E-state index contributed by atoms with van der Waals surface area (Å²) in [5, 5.41) is 3.40. The number of halogens is 1. The van der Waals surface area contributed by atoms with Gasteiger partial charge in [0.05, 0.1) is 0 Å². The number of carbonyl (C=O) groups excluding carboxylic acids is 1. The quantitative estimate of drug-likeness (QED) is 0.385. The number of carbonyl (C=O) groups is 1. The van der Waals surface area contributed by atoms with Crippen LogP contribution in [0.25, 0.3) is 0 Å². The normalized spacial score (nSPS) is 16.8. The number of nitrogens with zero attached hydrogens (tertiary/aromatic N) is 2. The minimum atomic E-state index is -0.482. The molecular weight excluding hydrogens is 451 g/mol. The van der Waals surface area contributed by atoms with Crippen LogP contribution in [0.2, 0.25) is 0 Å². The van der Waals surface area contributed by atoms with E-state index >= 15 is 0 Å². The zero-order valence-electron chi connectivity index (χ0n) is 14.9. The van der Waals surface area contributed by atoms with Gasteiger partial charge in [0.2, 0.25) is 0 Å². The molecule has 140 valence electrons. The molecule has 0 unspecified atom stereocenters. The van der Waals surface area contributed by atoms with Crippen LogP contribution in [0.15, 0.2) is 29.3 Å². The predicted octanol–water partition coefficient (Wildman–Crippen LogP) is 2.07. The van der Waals surface area contributed by atoms with Gasteiger partial charge in [-0.15, -0.1) is 24.0 Å². The highest BCUT2D eigenvalue weighted by molar-refractivity contribution is 14.0. The second kappa shape index (κ2) is 10.1. The third-order valence-electron chi connectivity index (χ3n) is 3.67. The molecule has 1 aromatic carbocycles. The van der Waals surface area contributed by atoms with Crippen molar-refractivity contribution in [2.24, 2.45) is 10.7 Å². The van der Waals surface area contributed by atoms with Gasteiger partial charge in [-0.05, 0) is 31.5 Å². The Morgan fingerprint density at radius 1 is 1.48 bits per heavy atom. The fraction of sp³-hybridized carbons (Fsp3) is 0.529. The SMILES string of the molecule is CN=C(NCc1cccc(OCC(N)=O)c1)N1CCSC(C)(C)C1.I. The maximum atomic E-state index is 10.8. The van der Waals surface area contributed by atoms with Crippen LogP contribution in [0.3, 0.4) is 0 Å². The number of amides is 1. The van der Waals surface area contributed by atoms with E-state index in [-0.39, 0.29) is 35.3 Å². The van der Waals surface area contributed by atoms with Crippen LogP contribution >= 0.6 is 35.7 Å². The lowest BCUT2D eigenvalue weighted by Gasteiger charge is -2.39. The van der Waals surface area contributed by atoms with Gasteiger partial charge in [0.15, 0.2) is 12.6 Å². The molecule has 3 N–H and O–H groups in total. The molecule has 0 radical (unpaired) electrons. The molecular formula is C17H27IN4O2S. The van der Waals surface area contributed by atoms with Gasteiger partial charge in [0.25, 0.3) is 5.91 Å². The molecule has 2 rings (SSSR count). The fourth-order valence-electron chi connectivity index (χ4n) is 2.61. The van der Waals surface area contributed by atoms with Crippen LogP contribution in [0, 0.1) is 0 Å². The monoisotopic (exact) mass is 478 g/mol. The minimum Gasteiger partial charge on any atom is -0.484 e. The van der Waals surface area contributed by atoms with E-state index in [4.69, 9.17) is 10.5 Å². The zero-order chi connectivity index (χ0) is 17.6. The topological polar surface area (TPSA) is 80.0 Å². The summed E-state index contributed by atoms with van der Waals surface area (Å²) in [6.07, 6.45) is 0. The van der Waals surface area contributed by atoms with E-state index in [1.54, 1.807) is 0 Å². The second-order valence-corrected chi connectivity index (χ2v) is 8.13. The summed E-state index contributed by atoms with van der Waals surface area (Å²) < 4.78 is 5.57. The maximum Gasteiger partial charge on any atom is 0.255 e. The number of benzene rings is 1. The first-order valence-corrected chi connectivity index (χ1v) is 8.98. The molecule has 1 saturated heterocycles. The van der Waals surface area contributed by atoms with Crippen molar-refractivity contribution in [2.75, 3.05) is 32.5 Å². The molecule has 25 heavy (non-hydrogen) atoms. The highest BCUT2D eigenvalue weighted by atomic mass is 127. The number of guanidine groups is 1. The van der Waals surface area contributed by atoms with Crippen molar-refractivity contribution in [1.82, 2.24) is 10.2 Å². The Kier molecular flexibility index (Phi) is 8.84. The van der Waals surface area contributed by atoms with E-state index < -0.39 is 5.91 Å². The first-order valence-electron chi connectivity index (χ1n) is 7.99. The molecule has 0 aliphatic carbocycles. The Bertz CT molecular complexity index is 610. The van der Waals surface area contributed by atoms with Crippen molar-refractivity contribution in [3.63, 3.8) is 0 Å². The molecule has 8 heteroatoms. The van der Waals surface area contributed by atoms with Crippen molar-refractivity contribution < 1.29 is 9.53 Å². The van der Waals surface area contributed by atoms with Crippen LogP contribution < -0.4 is 15.8 Å². The lowest BCUT2D eigenvalue weighted by atomic mass is 10.2. The van der Waals surface area contributed by atoms with Gasteiger partial charge in [-0.1, -0.05) is 12.1 Å². The first kappa shape index (κ1) is 21.9. The number of ether oxygens (including phenoxy) is 1. The molecule has 1 amide bonds. The van der Waals surface area contributed by atoms with E-state index in [1.807, 2.05) is 43.1 Å². The van der Waals surface area contributed by atoms with Crippen molar-refractivity contribution >= 4 is 47.6 Å². The Morgan fingerprint density at radius 2 is 2.24 bits per heavy atom. The maximum absolute atomic E-state index is 10.8. The fourth-order valence-corrected chi connectivity index (χ4v) is 3.72. The summed E-state index contributed by atoms with van der Waals surface area (Å²) in [7, 11) is 1.81. The molecule has 0 aromatic heterocycles. The van der Waals surface area contributed by atoms with Gasteiger partial charge < -0.3 is 20.7 Å². The lowest BCUT2D eigenvalue weighted by Crippen LogP contribution is -2.50. The largest absolute Gasteiger partial charge is 0.484 e. The van der Waals surface area contributed by atoms with Crippen LogP contribution in [0.4, 0.5) is 0 Å². The second-order valence-electron chi connectivity index (χ2n) is 6.33. The number of rotatable bonds is 5. The third kappa shape index (κ3) is 7.31. The lowest BCUT2D eigenvalue weighted by molar-refractivity contribution is -0.119. The highest BCUT2D eigenvalue weighted by Crippen LogP contribution is 2.29. The summed E-state index contributed by atoms with van der Waals surface area (Å²) in [6.45, 7) is 7.02. The van der Waals surface area contributed by atoms with Crippen molar-refractivity contribution in [3.05, 3.63) is 29.8 Å². The number of thioether (sulfide) groups is 1. The van der Waals surface area contributed by atoms with Gasteiger partial charge in [0, 0.05) is 37.2 Å². The van der Waals surface area contributed by atoms with Crippen LogP contribution in [0.1, 0.15) is 19.4 Å². The smallest absolute Gasteiger partial charge is 0.255 e. The Labute approximate surface area is 171 Å². The minimum absolute atomic E-state index is 0. The van der Waals surface area contributed by atoms with Crippen molar-refractivity contribution in [2.45, 2.75) is 25.1 Å². The Balaban J connectivity index is 0.00000312. The number of primary amides is 1. The number of nitrogens with two attached hydrogens (primary N) is 1. The van der Waals surface area contributed by atoms with Gasteiger partial charge in [-0.25, -0.2) is 0 Å². The highest BCUT2D eigenvalue weighted by Gasteiger charge is 2.28. The molecule has 1 heterocycles. The van der Waals surface area contributed by atoms with Crippen LogP contribution in [-0.2, 0) is 11.3 Å². The Morgan fingerprint density at radius 3 is 2.88 bits per heavy atom. The molecule has 0 spiro atoms. The summed E-state index contributed by atoms with van der Waals surface area (Å²) in [4.78, 5) is 17.5. The number of aliphatic imine (C=N–C) groups is 1. The standard InChI is InChI=1S/C17H26N4O2S.HI/c1-17(2)12-21(7-8-24-17)16(19-3)20-10-13-5-4-6-14(9-13)23-11-15(18)22;/h4-6,9H,7-8,10-12H2,1-3H3,(H2,18,22)(H,19,20);1H. The van der Waals surface area contributed by atoms with Gasteiger partial charge in [-0.2, -0.15) is 11.8 Å². The van der Waals surface area contributed by atoms with Crippen molar-refractivity contribution in [1.29, 1.82) is 0 Å². The van der Waals surface area contributed by atoms with E-state index in [9.17, 15) is 4.79 Å². The van der Waals surface area contributed by atoms with Gasteiger partial charge in [-0.3, -0.25) is 9.79 Å². The molecule has 1 aliphatic rings. The zero-order valence-corrected chi connectivity index (χ0v) is 18.1. The van der Waals surface area contributed by atoms with Crippen LogP contribution in [-0.4, -0.2) is 54.0 Å². The van der Waals surface area contributed by atoms with Gasteiger partial charge in [0.1, 0.15) is 5.75 Å². The molecule has 1 aromatic rings. The first-order chi connectivity index (χ1) is 11.4. The number of hydrogen-bond acceptors (Lipinski definition) is 4. The van der Waals surface area contributed by atoms with E-state index in [0.717, 1.165) is 30.4 Å². The molecule has 0 saturated carbocycles. The van der Waals surface area contributed by atoms with E-state index in [2.05, 4.69) is 29.1 Å². The molecule has 1 aliphatic heterocycles. The summed E-state index contributed by atoms with van der Waals surface area (Å²) >= 11 is 2.00. The summed E-state index contributed by atoms with van der Waals surface area (Å²) in [5.74, 6) is 2.17. The van der Waals surface area contributed by atoms with Gasteiger partial charge >= 0.3 is 0 Å². The Hall–Kier alpha value is -1.16. The average Bonchev–Trinajstić information content (AvgIpc) is 2.53. The molecule has 6 nitrogen and oxygen atoms in total. The van der Waals surface area contributed by atoms with Crippen molar-refractivity contribution in [3.8, 4) is 5.75 Å². The average molecular weight is 478 g/mol. The number of nitrogens with one attached hydrogen (secondary N) is 1. The van der Waals surface area contributed by atoms with E-state index in [1.165, 1.54) is 0 Å². The predicted molar refractivity (Wildman–Crippen MR) is 115 cm³/mol. The van der Waals surface area contributed by atoms with E-state index in [0.29, 0.717) is 12.3 Å². The molecule has 0 atom stereocenters.